The molecule has 5 nitrogen and oxygen atoms in total. The first-order chi connectivity index (χ1) is 12.3. The number of halogens is 1. The van der Waals surface area contributed by atoms with Crippen LogP contribution in [0.3, 0.4) is 0 Å². The summed E-state index contributed by atoms with van der Waals surface area (Å²) < 4.78 is 13.7. The van der Waals surface area contributed by atoms with Crippen molar-refractivity contribution >= 4 is 34.1 Å². The number of aromatic nitrogens is 1. The number of nitrogens with one attached hydrogen (secondary N) is 2. The Hall–Kier alpha value is -3.28. The SMILES string of the molecule is CC(=O)Nc1cc(NC(=O)c2cc3cc(C)ccc3nc2C)ccc1F. The van der Waals surface area contributed by atoms with E-state index in [1.807, 2.05) is 25.1 Å². The van der Waals surface area contributed by atoms with E-state index in [1.165, 1.54) is 25.1 Å². The van der Waals surface area contributed by atoms with E-state index < -0.39 is 11.7 Å². The van der Waals surface area contributed by atoms with Crippen molar-refractivity contribution in [2.24, 2.45) is 0 Å². The lowest BCUT2D eigenvalue weighted by atomic mass is 10.1. The number of hydrogen-bond acceptors (Lipinski definition) is 3. The van der Waals surface area contributed by atoms with Crippen molar-refractivity contribution in [3.05, 3.63) is 65.1 Å². The highest BCUT2D eigenvalue weighted by molar-refractivity contribution is 6.07. The molecule has 2 amide bonds. The van der Waals surface area contributed by atoms with E-state index in [9.17, 15) is 14.0 Å². The number of rotatable bonds is 3. The van der Waals surface area contributed by atoms with Crippen LogP contribution in [0.2, 0.25) is 0 Å². The van der Waals surface area contributed by atoms with Gasteiger partial charge in [-0.05, 0) is 50.2 Å². The van der Waals surface area contributed by atoms with Gasteiger partial charge in [0, 0.05) is 18.0 Å². The summed E-state index contributed by atoms with van der Waals surface area (Å²) in [5, 5.41) is 5.99. The maximum absolute atomic E-state index is 13.7. The molecule has 1 aromatic heterocycles. The molecule has 3 rings (SSSR count). The molecule has 0 aliphatic rings. The van der Waals surface area contributed by atoms with Crippen molar-refractivity contribution in [1.29, 1.82) is 0 Å². The van der Waals surface area contributed by atoms with Crippen molar-refractivity contribution in [1.82, 2.24) is 4.98 Å². The number of carbonyl (C=O) groups excluding carboxylic acids is 2. The molecule has 2 aromatic carbocycles. The summed E-state index contributed by atoms with van der Waals surface area (Å²) in [6, 6.07) is 11.6. The van der Waals surface area contributed by atoms with Gasteiger partial charge in [-0.2, -0.15) is 0 Å². The van der Waals surface area contributed by atoms with E-state index in [4.69, 9.17) is 0 Å². The van der Waals surface area contributed by atoms with Crippen LogP contribution in [-0.2, 0) is 4.79 Å². The van der Waals surface area contributed by atoms with Gasteiger partial charge in [-0.1, -0.05) is 11.6 Å². The van der Waals surface area contributed by atoms with Crippen LogP contribution in [0.15, 0.2) is 42.5 Å². The predicted molar refractivity (Wildman–Crippen MR) is 99.9 cm³/mol. The molecule has 1 heterocycles. The van der Waals surface area contributed by atoms with Crippen LogP contribution in [0.25, 0.3) is 10.9 Å². The maximum Gasteiger partial charge on any atom is 0.257 e. The third-order valence-corrected chi connectivity index (χ3v) is 3.94. The van der Waals surface area contributed by atoms with Gasteiger partial charge in [0.25, 0.3) is 5.91 Å². The van der Waals surface area contributed by atoms with Crippen LogP contribution >= 0.6 is 0 Å². The van der Waals surface area contributed by atoms with Crippen LogP contribution in [0.4, 0.5) is 15.8 Å². The zero-order chi connectivity index (χ0) is 18.8. The first-order valence-corrected chi connectivity index (χ1v) is 8.10. The molecular formula is C20H18FN3O2. The Morgan fingerprint density at radius 2 is 1.77 bits per heavy atom. The Kier molecular flexibility index (Phi) is 4.67. The Labute approximate surface area is 150 Å². The van der Waals surface area contributed by atoms with Crippen molar-refractivity contribution in [3.63, 3.8) is 0 Å². The van der Waals surface area contributed by atoms with Gasteiger partial charge in [-0.15, -0.1) is 0 Å². The predicted octanol–water partition coefficient (Wildman–Crippen LogP) is 4.20. The number of hydrogen-bond donors (Lipinski definition) is 2. The van der Waals surface area contributed by atoms with Crippen LogP contribution in [-0.4, -0.2) is 16.8 Å². The van der Waals surface area contributed by atoms with E-state index in [2.05, 4.69) is 15.6 Å². The zero-order valence-corrected chi connectivity index (χ0v) is 14.7. The van der Waals surface area contributed by atoms with Gasteiger partial charge in [0.05, 0.1) is 22.5 Å². The number of nitrogens with zero attached hydrogens (tertiary/aromatic N) is 1. The molecule has 3 aromatic rings. The normalized spacial score (nSPS) is 10.6. The van der Waals surface area contributed by atoms with Crippen LogP contribution in [0.5, 0.6) is 0 Å². The van der Waals surface area contributed by atoms with Crippen molar-refractivity contribution in [2.45, 2.75) is 20.8 Å². The number of aryl methyl sites for hydroxylation is 2. The molecule has 0 atom stereocenters. The maximum atomic E-state index is 13.7. The van der Waals surface area contributed by atoms with E-state index >= 15 is 0 Å². The van der Waals surface area contributed by atoms with Gasteiger partial charge in [0.2, 0.25) is 5.91 Å². The first-order valence-electron chi connectivity index (χ1n) is 8.10. The highest BCUT2D eigenvalue weighted by Gasteiger charge is 2.13. The fraction of sp³-hybridized carbons (Fsp3) is 0.150. The van der Waals surface area contributed by atoms with Gasteiger partial charge < -0.3 is 10.6 Å². The highest BCUT2D eigenvalue weighted by atomic mass is 19.1. The zero-order valence-electron chi connectivity index (χ0n) is 14.7. The van der Waals surface area contributed by atoms with Crippen molar-refractivity contribution < 1.29 is 14.0 Å². The Bertz CT molecular complexity index is 1030. The summed E-state index contributed by atoms with van der Waals surface area (Å²) in [6.45, 7) is 5.03. The topological polar surface area (TPSA) is 71.1 Å². The molecular weight excluding hydrogens is 333 g/mol. The number of fused-ring (bicyclic) bond motifs is 1. The molecule has 0 spiro atoms. The molecule has 132 valence electrons. The largest absolute Gasteiger partial charge is 0.324 e. The molecule has 0 bridgehead atoms. The number of anilines is 2. The van der Waals surface area contributed by atoms with E-state index in [-0.39, 0.29) is 11.6 Å². The van der Waals surface area contributed by atoms with Crippen LogP contribution in [0, 0.1) is 19.7 Å². The van der Waals surface area contributed by atoms with Crippen molar-refractivity contribution in [2.75, 3.05) is 10.6 Å². The smallest absolute Gasteiger partial charge is 0.257 e. The lowest BCUT2D eigenvalue weighted by Crippen LogP contribution is -2.15. The first kappa shape index (κ1) is 17.5. The lowest BCUT2D eigenvalue weighted by Gasteiger charge is -2.11. The molecule has 6 heteroatoms. The van der Waals surface area contributed by atoms with Gasteiger partial charge in [0.1, 0.15) is 5.82 Å². The Balaban J connectivity index is 1.91. The number of amides is 2. The summed E-state index contributed by atoms with van der Waals surface area (Å²) >= 11 is 0. The molecule has 2 N–H and O–H groups in total. The number of benzene rings is 2. The molecule has 0 unspecified atom stereocenters. The summed E-state index contributed by atoms with van der Waals surface area (Å²) in [7, 11) is 0. The minimum atomic E-state index is -0.572. The monoisotopic (exact) mass is 351 g/mol. The van der Waals surface area contributed by atoms with Crippen molar-refractivity contribution in [3.8, 4) is 0 Å². The fourth-order valence-corrected chi connectivity index (χ4v) is 2.71. The second-order valence-electron chi connectivity index (χ2n) is 6.15. The summed E-state index contributed by atoms with van der Waals surface area (Å²) in [5.74, 6) is -1.31. The summed E-state index contributed by atoms with van der Waals surface area (Å²) in [6.07, 6.45) is 0. The number of pyridine rings is 1. The molecule has 0 saturated carbocycles. The molecule has 0 radical (unpaired) electrons. The fourth-order valence-electron chi connectivity index (χ4n) is 2.71. The minimum Gasteiger partial charge on any atom is -0.324 e. The molecule has 0 aliphatic heterocycles. The van der Waals surface area contributed by atoms with E-state index in [0.717, 1.165) is 16.5 Å². The minimum absolute atomic E-state index is 0.0132. The third-order valence-electron chi connectivity index (χ3n) is 3.94. The van der Waals surface area contributed by atoms with Gasteiger partial charge in [-0.25, -0.2) is 4.39 Å². The Morgan fingerprint density at radius 1 is 1.00 bits per heavy atom. The summed E-state index contributed by atoms with van der Waals surface area (Å²) in [4.78, 5) is 28.3. The molecule has 0 aliphatic carbocycles. The third kappa shape index (κ3) is 3.69. The van der Waals surface area contributed by atoms with Gasteiger partial charge in [0.15, 0.2) is 0 Å². The van der Waals surface area contributed by atoms with E-state index in [1.54, 1.807) is 13.0 Å². The average Bonchev–Trinajstić information content (AvgIpc) is 2.57. The molecule has 26 heavy (non-hydrogen) atoms. The second-order valence-corrected chi connectivity index (χ2v) is 6.15. The van der Waals surface area contributed by atoms with Crippen LogP contribution in [0.1, 0.15) is 28.5 Å². The number of carbonyl (C=O) groups is 2. The van der Waals surface area contributed by atoms with Gasteiger partial charge in [-0.3, -0.25) is 14.6 Å². The summed E-state index contributed by atoms with van der Waals surface area (Å²) in [5.41, 5.74) is 3.33. The quantitative estimate of drug-likeness (QED) is 0.743. The lowest BCUT2D eigenvalue weighted by molar-refractivity contribution is -0.114. The standard InChI is InChI=1S/C20H18FN3O2/c1-11-4-7-18-14(8-11)9-16(12(2)22-18)20(26)24-15-5-6-17(21)19(10-15)23-13(3)25/h4-10H,1-3H3,(H,23,25)(H,24,26). The second kappa shape index (κ2) is 6.92. The van der Waals surface area contributed by atoms with E-state index in [0.29, 0.717) is 16.9 Å². The molecule has 0 saturated heterocycles. The highest BCUT2D eigenvalue weighted by Crippen LogP contribution is 2.22. The molecule has 0 fully saturated rings. The van der Waals surface area contributed by atoms with Crippen LogP contribution < -0.4 is 10.6 Å². The average molecular weight is 351 g/mol. The Morgan fingerprint density at radius 3 is 2.50 bits per heavy atom. The van der Waals surface area contributed by atoms with Gasteiger partial charge >= 0.3 is 0 Å².